The molecule has 1 N–H and O–H groups in total. The van der Waals surface area contributed by atoms with Gasteiger partial charge in [-0.2, -0.15) is 0 Å². The first kappa shape index (κ1) is 18.7. The number of benzene rings is 2. The number of piperazine rings is 1. The smallest absolute Gasteiger partial charge is 0.173 e. The molecule has 0 aromatic heterocycles. The molecule has 0 aliphatic carbocycles. The van der Waals surface area contributed by atoms with Crippen LogP contribution in [0.5, 0.6) is 0 Å². The van der Waals surface area contributed by atoms with Gasteiger partial charge in [0.2, 0.25) is 0 Å². The number of ketones is 1. The van der Waals surface area contributed by atoms with E-state index in [1.807, 2.05) is 49.4 Å². The predicted octanol–water partition coefficient (Wildman–Crippen LogP) is 4.37. The molecule has 6 heteroatoms. The van der Waals surface area contributed by atoms with Crippen molar-refractivity contribution in [2.75, 3.05) is 36.4 Å². The second kappa shape index (κ2) is 8.06. The molecule has 0 spiro atoms. The molecule has 0 saturated carbocycles. The predicted molar refractivity (Wildman–Crippen MR) is 113 cm³/mol. The molecule has 0 unspecified atom stereocenters. The molecule has 3 rings (SSSR count). The van der Waals surface area contributed by atoms with Crippen molar-refractivity contribution < 1.29 is 4.79 Å². The Hall–Kier alpha value is -2.11. The Morgan fingerprint density at radius 1 is 1.08 bits per heavy atom. The normalized spacial score (nSPS) is 14.3. The third kappa shape index (κ3) is 4.17. The summed E-state index contributed by atoms with van der Waals surface area (Å²) in [6, 6.07) is 13.6. The summed E-state index contributed by atoms with van der Waals surface area (Å²) in [7, 11) is 0. The monoisotopic (exact) mass is 387 g/mol. The SMILES string of the molecule is CC(=O)c1ccc(N2CCN(C(=S)Nc3cccc(Cl)c3C)CC2)cc1. The maximum absolute atomic E-state index is 11.4. The van der Waals surface area contributed by atoms with Crippen LogP contribution >= 0.6 is 23.8 Å². The Morgan fingerprint density at radius 2 is 1.73 bits per heavy atom. The van der Waals surface area contributed by atoms with Crippen LogP contribution in [-0.2, 0) is 0 Å². The van der Waals surface area contributed by atoms with Gasteiger partial charge in [0.05, 0.1) is 0 Å². The number of hydrogen-bond donors (Lipinski definition) is 1. The van der Waals surface area contributed by atoms with Crippen LogP contribution in [-0.4, -0.2) is 42.0 Å². The van der Waals surface area contributed by atoms with Gasteiger partial charge in [-0.05, 0) is 68.0 Å². The first-order valence-corrected chi connectivity index (χ1v) is 9.41. The van der Waals surface area contributed by atoms with Crippen molar-refractivity contribution in [3.63, 3.8) is 0 Å². The Kier molecular flexibility index (Phi) is 5.79. The summed E-state index contributed by atoms with van der Waals surface area (Å²) in [6.45, 7) is 7.03. The molecule has 0 radical (unpaired) electrons. The number of halogens is 1. The zero-order valence-electron chi connectivity index (χ0n) is 15.0. The molecule has 0 amide bonds. The molecule has 1 saturated heterocycles. The first-order valence-electron chi connectivity index (χ1n) is 8.62. The summed E-state index contributed by atoms with van der Waals surface area (Å²) in [6.07, 6.45) is 0. The highest BCUT2D eigenvalue weighted by molar-refractivity contribution is 7.80. The highest BCUT2D eigenvalue weighted by Gasteiger charge is 2.20. The van der Waals surface area contributed by atoms with Crippen molar-refractivity contribution in [2.45, 2.75) is 13.8 Å². The van der Waals surface area contributed by atoms with Crippen molar-refractivity contribution in [1.82, 2.24) is 4.90 Å². The van der Waals surface area contributed by atoms with Crippen LogP contribution in [0.2, 0.25) is 5.02 Å². The molecular formula is C20H22ClN3OS. The number of carbonyl (C=O) groups is 1. The largest absolute Gasteiger partial charge is 0.368 e. The van der Waals surface area contributed by atoms with Crippen LogP contribution in [0.1, 0.15) is 22.8 Å². The molecule has 1 aliphatic heterocycles. The number of carbonyl (C=O) groups excluding carboxylic acids is 1. The van der Waals surface area contributed by atoms with E-state index in [9.17, 15) is 4.79 Å². The van der Waals surface area contributed by atoms with Gasteiger partial charge < -0.3 is 15.1 Å². The van der Waals surface area contributed by atoms with E-state index >= 15 is 0 Å². The molecule has 1 aliphatic rings. The van der Waals surface area contributed by atoms with Crippen molar-refractivity contribution in [1.29, 1.82) is 0 Å². The summed E-state index contributed by atoms with van der Waals surface area (Å²) in [5.74, 6) is 0.0918. The molecule has 0 atom stereocenters. The third-order valence-corrected chi connectivity index (χ3v) is 5.48. The van der Waals surface area contributed by atoms with Crippen LogP contribution in [0.4, 0.5) is 11.4 Å². The Bertz CT molecular complexity index is 814. The zero-order chi connectivity index (χ0) is 18.7. The fraction of sp³-hybridized carbons (Fsp3) is 0.300. The number of hydrogen-bond acceptors (Lipinski definition) is 3. The van der Waals surface area contributed by atoms with Crippen LogP contribution in [0.25, 0.3) is 0 Å². The van der Waals surface area contributed by atoms with Gasteiger partial charge in [0.15, 0.2) is 10.9 Å². The number of rotatable bonds is 3. The van der Waals surface area contributed by atoms with E-state index in [0.29, 0.717) is 0 Å². The number of nitrogens with one attached hydrogen (secondary N) is 1. The highest BCUT2D eigenvalue weighted by Crippen LogP contribution is 2.24. The minimum absolute atomic E-state index is 0.0918. The van der Waals surface area contributed by atoms with E-state index in [2.05, 4.69) is 15.1 Å². The lowest BCUT2D eigenvalue weighted by Gasteiger charge is -2.37. The molecule has 1 fully saturated rings. The third-order valence-electron chi connectivity index (χ3n) is 4.72. The van der Waals surface area contributed by atoms with Gasteiger partial charge in [0.1, 0.15) is 0 Å². The lowest BCUT2D eigenvalue weighted by atomic mass is 10.1. The van der Waals surface area contributed by atoms with Crippen molar-refractivity contribution in [3.05, 3.63) is 58.6 Å². The van der Waals surface area contributed by atoms with Gasteiger partial charge in [-0.3, -0.25) is 4.79 Å². The molecule has 4 nitrogen and oxygen atoms in total. The zero-order valence-corrected chi connectivity index (χ0v) is 16.5. The minimum atomic E-state index is 0.0918. The maximum Gasteiger partial charge on any atom is 0.173 e. The quantitative estimate of drug-likeness (QED) is 0.625. The first-order chi connectivity index (χ1) is 12.5. The highest BCUT2D eigenvalue weighted by atomic mass is 35.5. The summed E-state index contributed by atoms with van der Waals surface area (Å²) in [5, 5.41) is 4.77. The van der Waals surface area contributed by atoms with E-state index in [0.717, 1.165) is 58.8 Å². The van der Waals surface area contributed by atoms with Crippen molar-refractivity contribution in [2.24, 2.45) is 0 Å². The second-order valence-corrected chi connectivity index (χ2v) is 7.21. The molecule has 2 aromatic rings. The number of anilines is 2. The van der Waals surface area contributed by atoms with Gasteiger partial charge in [-0.1, -0.05) is 17.7 Å². The van der Waals surface area contributed by atoms with Crippen molar-refractivity contribution in [3.8, 4) is 0 Å². The van der Waals surface area contributed by atoms with E-state index < -0.39 is 0 Å². The van der Waals surface area contributed by atoms with Gasteiger partial charge >= 0.3 is 0 Å². The molecule has 0 bridgehead atoms. The average molecular weight is 388 g/mol. The average Bonchev–Trinajstić information content (AvgIpc) is 2.65. The molecule has 136 valence electrons. The van der Waals surface area contributed by atoms with Crippen LogP contribution < -0.4 is 10.2 Å². The summed E-state index contributed by atoms with van der Waals surface area (Å²) in [5.41, 5.74) is 3.83. The number of nitrogens with zero attached hydrogens (tertiary/aromatic N) is 2. The van der Waals surface area contributed by atoms with Gasteiger partial charge in [0.25, 0.3) is 0 Å². The summed E-state index contributed by atoms with van der Waals surface area (Å²) < 4.78 is 0. The summed E-state index contributed by atoms with van der Waals surface area (Å²) in [4.78, 5) is 15.9. The Labute approximate surface area is 164 Å². The van der Waals surface area contributed by atoms with E-state index in [1.54, 1.807) is 6.92 Å². The van der Waals surface area contributed by atoms with Gasteiger partial charge in [0, 0.05) is 48.1 Å². The van der Waals surface area contributed by atoms with E-state index in [-0.39, 0.29) is 5.78 Å². The fourth-order valence-electron chi connectivity index (χ4n) is 3.01. The minimum Gasteiger partial charge on any atom is -0.368 e. The van der Waals surface area contributed by atoms with Crippen LogP contribution in [0.3, 0.4) is 0 Å². The Balaban J connectivity index is 1.58. The van der Waals surface area contributed by atoms with Gasteiger partial charge in [-0.15, -0.1) is 0 Å². The van der Waals surface area contributed by atoms with Crippen LogP contribution in [0, 0.1) is 6.92 Å². The number of Topliss-reactive ketones (excluding diaryl/α,β-unsaturated/α-hetero) is 1. The standard InChI is InChI=1S/C20H22ClN3OS/c1-14-18(21)4-3-5-19(14)22-20(26)24-12-10-23(11-13-24)17-8-6-16(7-9-17)15(2)25/h3-9H,10-13H2,1-2H3,(H,22,26). The van der Waals surface area contributed by atoms with Crippen molar-refractivity contribution >= 4 is 46.1 Å². The lowest BCUT2D eigenvalue weighted by Crippen LogP contribution is -2.50. The van der Waals surface area contributed by atoms with E-state index in [4.69, 9.17) is 23.8 Å². The van der Waals surface area contributed by atoms with Gasteiger partial charge in [-0.25, -0.2) is 0 Å². The van der Waals surface area contributed by atoms with E-state index in [1.165, 1.54) is 0 Å². The maximum atomic E-state index is 11.4. The fourth-order valence-corrected chi connectivity index (χ4v) is 3.48. The second-order valence-electron chi connectivity index (χ2n) is 6.42. The lowest BCUT2D eigenvalue weighted by molar-refractivity contribution is 0.101. The molecular weight excluding hydrogens is 366 g/mol. The number of thiocarbonyl (C=S) groups is 1. The molecule has 26 heavy (non-hydrogen) atoms. The van der Waals surface area contributed by atoms with Crippen LogP contribution in [0.15, 0.2) is 42.5 Å². The summed E-state index contributed by atoms with van der Waals surface area (Å²) >= 11 is 11.8. The molecule has 2 aromatic carbocycles. The Morgan fingerprint density at radius 3 is 2.35 bits per heavy atom. The molecule has 1 heterocycles. The topological polar surface area (TPSA) is 35.6 Å².